The third-order valence-electron chi connectivity index (χ3n) is 9.35. The van der Waals surface area contributed by atoms with Crippen molar-refractivity contribution < 1.29 is 44.3 Å². The quantitative estimate of drug-likeness (QED) is 0.109. The number of methoxy groups -OCH3 is 3. The zero-order valence-electron chi connectivity index (χ0n) is 33.9. The van der Waals surface area contributed by atoms with E-state index in [1.165, 1.54) is 40.7 Å². The Hall–Kier alpha value is -6.85. The lowest BCUT2D eigenvalue weighted by Crippen LogP contribution is -2.15. The first kappa shape index (κ1) is 45.7. The van der Waals surface area contributed by atoms with Crippen molar-refractivity contribution >= 4 is 78.8 Å². The molecule has 324 valence electrons. The number of nitrogens with one attached hydrogen (secondary N) is 1. The van der Waals surface area contributed by atoms with Gasteiger partial charge in [-0.15, -0.1) is 0 Å². The monoisotopic (exact) mass is 925 g/mol. The number of ether oxygens (including phenoxy) is 3. The molecule has 0 unspecified atom stereocenters. The van der Waals surface area contributed by atoms with Crippen LogP contribution in [-0.2, 0) is 29.1 Å². The summed E-state index contributed by atoms with van der Waals surface area (Å²) in [5.74, 6) is 2.04. The van der Waals surface area contributed by atoms with Gasteiger partial charge >= 0.3 is 0 Å². The Balaban J connectivity index is 0.000000147. The molecule has 0 saturated carbocycles. The molecule has 0 atom stereocenters. The van der Waals surface area contributed by atoms with Gasteiger partial charge in [-0.1, -0.05) is 54.6 Å². The van der Waals surface area contributed by atoms with E-state index in [9.17, 15) is 30.0 Å². The fraction of sp³-hybridized carbons (Fsp3) is 0.0652. The Bertz CT molecular complexity index is 3320. The molecule has 3 heterocycles. The number of fused-ring (bicyclic) bond motifs is 3. The average molecular weight is 926 g/mol. The maximum Gasteiger partial charge on any atom is 0.268 e. The highest BCUT2D eigenvalue weighted by molar-refractivity contribution is 8.13. The molecule has 17 heteroatoms. The number of benzene rings is 6. The van der Waals surface area contributed by atoms with Crippen molar-refractivity contribution in [3.63, 3.8) is 0 Å². The smallest absolute Gasteiger partial charge is 0.268 e. The van der Waals surface area contributed by atoms with Gasteiger partial charge in [-0.3, -0.25) is 4.79 Å². The third kappa shape index (κ3) is 10.6. The van der Waals surface area contributed by atoms with Gasteiger partial charge < -0.3 is 19.2 Å². The molecule has 3 aromatic heterocycles. The minimum Gasteiger partial charge on any atom is -0.497 e. The van der Waals surface area contributed by atoms with Crippen LogP contribution < -0.4 is 14.2 Å². The fourth-order valence-corrected chi connectivity index (χ4v) is 9.88. The van der Waals surface area contributed by atoms with Gasteiger partial charge in [0, 0.05) is 57.6 Å². The molecular formula is C46H40ClN3O10S3. The molecule has 6 aromatic carbocycles. The van der Waals surface area contributed by atoms with E-state index in [1.54, 1.807) is 124 Å². The highest BCUT2D eigenvalue weighted by atomic mass is 35.7. The van der Waals surface area contributed by atoms with Crippen LogP contribution in [0, 0.1) is 0 Å². The van der Waals surface area contributed by atoms with Gasteiger partial charge in [0.05, 0.1) is 52.7 Å². The second kappa shape index (κ2) is 19.9. The van der Waals surface area contributed by atoms with Crippen molar-refractivity contribution in [3.05, 3.63) is 182 Å². The largest absolute Gasteiger partial charge is 0.497 e. The zero-order valence-corrected chi connectivity index (χ0v) is 37.1. The molecule has 0 aliphatic heterocycles. The summed E-state index contributed by atoms with van der Waals surface area (Å²) in [6, 6.07) is 46.0. The fourth-order valence-electron chi connectivity index (χ4n) is 6.22. The molecule has 0 aliphatic carbocycles. The number of aromatic nitrogens is 3. The molecule has 0 radical (unpaired) electrons. The Morgan fingerprint density at radius 1 is 0.508 bits per heavy atom. The SMILES string of the molecule is COc1ccc2cc(C=O)n(S(=O)(=O)c3ccccc3)c2c1.COc1ccc2cc[nH]c2c1.COc1ccc2ccn(S(=O)(=O)c3ccccc3)c2c1.O=S(=O)(Cl)c1ccccc1. The molecular weight excluding hydrogens is 886 g/mol. The Labute approximate surface area is 369 Å². The third-order valence-corrected chi connectivity index (χ3v) is 14.2. The summed E-state index contributed by atoms with van der Waals surface area (Å²) < 4.78 is 89.9. The summed E-state index contributed by atoms with van der Waals surface area (Å²) in [4.78, 5) is 15.0. The van der Waals surface area contributed by atoms with Crippen LogP contribution in [0.25, 0.3) is 32.7 Å². The number of aromatic amines is 1. The molecule has 0 spiro atoms. The van der Waals surface area contributed by atoms with Crippen LogP contribution in [0.3, 0.4) is 0 Å². The highest BCUT2D eigenvalue weighted by Gasteiger charge is 2.23. The Morgan fingerprint density at radius 3 is 1.49 bits per heavy atom. The molecule has 9 aromatic rings. The number of rotatable bonds is 9. The summed E-state index contributed by atoms with van der Waals surface area (Å²) in [7, 11) is -1.22. The minimum absolute atomic E-state index is 0.0760. The molecule has 9 rings (SSSR count). The van der Waals surface area contributed by atoms with Gasteiger partial charge in [0.2, 0.25) is 0 Å². The molecule has 0 saturated heterocycles. The summed E-state index contributed by atoms with van der Waals surface area (Å²) >= 11 is 0. The van der Waals surface area contributed by atoms with E-state index in [4.69, 9.17) is 24.9 Å². The van der Waals surface area contributed by atoms with E-state index < -0.39 is 29.1 Å². The van der Waals surface area contributed by atoms with Crippen molar-refractivity contribution in [2.45, 2.75) is 14.7 Å². The van der Waals surface area contributed by atoms with Crippen LogP contribution in [0.1, 0.15) is 10.5 Å². The van der Waals surface area contributed by atoms with Crippen molar-refractivity contribution in [3.8, 4) is 17.2 Å². The zero-order chi connectivity index (χ0) is 45.2. The maximum absolute atomic E-state index is 12.9. The van der Waals surface area contributed by atoms with Gasteiger partial charge in [-0.2, -0.15) is 0 Å². The minimum atomic E-state index is -3.86. The lowest BCUT2D eigenvalue weighted by atomic mass is 10.2. The van der Waals surface area contributed by atoms with Crippen LogP contribution in [-0.4, -0.2) is 65.8 Å². The predicted octanol–water partition coefficient (Wildman–Crippen LogP) is 9.38. The number of hydrogen-bond acceptors (Lipinski definition) is 10. The van der Waals surface area contributed by atoms with Gasteiger partial charge in [-0.05, 0) is 96.4 Å². The molecule has 0 fully saturated rings. The number of carbonyl (C=O) groups is 1. The average Bonchev–Trinajstić information content (AvgIpc) is 4.07. The molecule has 13 nitrogen and oxygen atoms in total. The highest BCUT2D eigenvalue weighted by Crippen LogP contribution is 2.29. The number of H-pyrrole nitrogens is 1. The van der Waals surface area contributed by atoms with Crippen LogP contribution in [0.4, 0.5) is 0 Å². The molecule has 0 aliphatic rings. The van der Waals surface area contributed by atoms with E-state index >= 15 is 0 Å². The molecule has 1 N–H and O–H groups in total. The van der Waals surface area contributed by atoms with Crippen molar-refractivity contribution in [2.24, 2.45) is 0 Å². The predicted molar refractivity (Wildman–Crippen MR) is 245 cm³/mol. The number of hydrogen-bond donors (Lipinski definition) is 1. The van der Waals surface area contributed by atoms with Gasteiger partial charge in [0.1, 0.15) is 17.2 Å². The Morgan fingerprint density at radius 2 is 0.984 bits per heavy atom. The molecule has 0 amide bonds. The van der Waals surface area contributed by atoms with Gasteiger partial charge in [0.15, 0.2) is 6.29 Å². The summed E-state index contributed by atoms with van der Waals surface area (Å²) in [5, 5.41) is 2.72. The summed E-state index contributed by atoms with van der Waals surface area (Å²) in [5.41, 5.74) is 2.20. The second-order valence-electron chi connectivity index (χ2n) is 13.2. The second-order valence-corrected chi connectivity index (χ2v) is 19.4. The first-order valence-corrected chi connectivity index (χ1v) is 23.9. The summed E-state index contributed by atoms with van der Waals surface area (Å²) in [6.07, 6.45) is 4.02. The number of carbonyl (C=O) groups excluding carboxylic acids is 1. The van der Waals surface area contributed by atoms with E-state index in [2.05, 4.69) is 4.98 Å². The van der Waals surface area contributed by atoms with E-state index in [0.717, 1.165) is 20.6 Å². The lowest BCUT2D eigenvalue weighted by Gasteiger charge is -2.10. The van der Waals surface area contributed by atoms with Gasteiger partial charge in [-0.25, -0.2) is 33.2 Å². The number of aldehydes is 1. The maximum atomic E-state index is 12.9. The topological polar surface area (TPSA) is 173 Å². The van der Waals surface area contributed by atoms with E-state index in [-0.39, 0.29) is 20.4 Å². The van der Waals surface area contributed by atoms with Gasteiger partial charge in [0.25, 0.3) is 29.1 Å². The van der Waals surface area contributed by atoms with Crippen LogP contribution in [0.15, 0.2) is 191 Å². The van der Waals surface area contributed by atoms with Crippen molar-refractivity contribution in [1.82, 2.24) is 12.9 Å². The van der Waals surface area contributed by atoms with Crippen LogP contribution >= 0.6 is 10.7 Å². The number of halogens is 1. The molecule has 0 bridgehead atoms. The summed E-state index contributed by atoms with van der Waals surface area (Å²) in [6.45, 7) is 0. The first-order valence-electron chi connectivity index (χ1n) is 18.7. The molecule has 63 heavy (non-hydrogen) atoms. The van der Waals surface area contributed by atoms with Crippen molar-refractivity contribution in [2.75, 3.05) is 21.3 Å². The normalized spacial score (nSPS) is 11.3. The standard InChI is InChI=1S/C16H13NO4S.C15H13NO3S.C9H9NO.C6H5ClO2S/c1-21-14-8-7-12-9-13(11-18)17(16(12)10-14)22(19,20)15-5-3-2-4-6-15;1-19-13-8-7-12-9-10-16(15(12)11-13)20(17,18)14-5-3-2-4-6-14;1-11-8-3-2-7-4-5-10-9(7)6-8;7-10(8,9)6-4-2-1-3-5-6/h2-11H,1H3;2-11H,1H3;2-6,10H,1H3;1-5H. The van der Waals surface area contributed by atoms with Crippen LogP contribution in [0.5, 0.6) is 17.2 Å². The first-order chi connectivity index (χ1) is 30.2. The lowest BCUT2D eigenvalue weighted by molar-refractivity contribution is 0.111. The Kier molecular flexibility index (Phi) is 14.4. The van der Waals surface area contributed by atoms with E-state index in [0.29, 0.717) is 34.2 Å². The van der Waals surface area contributed by atoms with E-state index in [1.807, 2.05) is 42.6 Å². The number of nitrogens with zero attached hydrogens (tertiary/aromatic N) is 2. The van der Waals surface area contributed by atoms with Crippen LogP contribution in [0.2, 0.25) is 0 Å². The van der Waals surface area contributed by atoms with Crippen molar-refractivity contribution in [1.29, 1.82) is 0 Å².